The summed E-state index contributed by atoms with van der Waals surface area (Å²) in [6.45, 7) is 4.04. The van der Waals surface area contributed by atoms with Crippen LogP contribution in [0.3, 0.4) is 0 Å². The van der Waals surface area contributed by atoms with E-state index in [4.69, 9.17) is 4.98 Å². The number of hydrogen-bond donors (Lipinski definition) is 0. The molecule has 0 unspecified atom stereocenters. The molecule has 2 heterocycles. The maximum atomic E-state index is 4.78. The van der Waals surface area contributed by atoms with Gasteiger partial charge in [-0.2, -0.15) is 0 Å². The second-order valence-corrected chi connectivity index (χ2v) is 5.89. The van der Waals surface area contributed by atoms with Crippen LogP contribution in [0.2, 0.25) is 0 Å². The van der Waals surface area contributed by atoms with Crippen molar-refractivity contribution in [3.05, 3.63) is 102 Å². The molecular formula is C24H23N2+. The highest BCUT2D eigenvalue weighted by Gasteiger charge is 2.10. The van der Waals surface area contributed by atoms with E-state index in [1.54, 1.807) is 0 Å². The van der Waals surface area contributed by atoms with E-state index in [2.05, 4.69) is 48.6 Å². The molecule has 1 aromatic carbocycles. The number of aromatic nitrogens is 2. The Labute approximate surface area is 155 Å². The molecule has 0 fully saturated rings. The van der Waals surface area contributed by atoms with Crippen molar-refractivity contribution in [2.75, 3.05) is 0 Å². The van der Waals surface area contributed by atoms with Gasteiger partial charge in [-0.05, 0) is 48.2 Å². The molecular weight excluding hydrogens is 316 g/mol. The third kappa shape index (κ3) is 4.22. The Morgan fingerprint density at radius 2 is 1.54 bits per heavy atom. The number of rotatable bonds is 5. The molecule has 3 rings (SSSR count). The van der Waals surface area contributed by atoms with Gasteiger partial charge in [0.15, 0.2) is 5.69 Å². The highest BCUT2D eigenvalue weighted by atomic mass is 14.9. The maximum Gasteiger partial charge on any atom is 0.328 e. The second kappa shape index (κ2) is 8.72. The van der Waals surface area contributed by atoms with Crippen LogP contribution in [0.4, 0.5) is 0 Å². The lowest BCUT2D eigenvalue weighted by atomic mass is 10.0. The zero-order valence-electron chi connectivity index (χ0n) is 15.2. The third-order valence-corrected chi connectivity index (χ3v) is 4.04. The standard InChI is InChI=1S/C24H23N2/c1-3-5-7-11-20-14-15-22(19-21(20)12-8-6-4-2)23-16-18-26-17-10-9-13-24(26)25-23/h3-19H,1-2H3/q+1/b5-3+,6-4+,11-7-,12-8+. The van der Waals surface area contributed by atoms with Crippen LogP contribution < -0.4 is 4.40 Å². The topological polar surface area (TPSA) is 17.0 Å². The molecule has 0 spiro atoms. The first-order valence-corrected chi connectivity index (χ1v) is 8.82. The van der Waals surface area contributed by atoms with Crippen LogP contribution in [0.25, 0.3) is 29.1 Å². The summed E-state index contributed by atoms with van der Waals surface area (Å²) in [7, 11) is 0. The van der Waals surface area contributed by atoms with E-state index < -0.39 is 0 Å². The maximum absolute atomic E-state index is 4.78. The zero-order chi connectivity index (χ0) is 18.2. The van der Waals surface area contributed by atoms with Crippen LogP contribution in [-0.4, -0.2) is 4.98 Å². The van der Waals surface area contributed by atoms with Gasteiger partial charge in [0.2, 0.25) is 0 Å². The smallest absolute Gasteiger partial charge is 0.203 e. The van der Waals surface area contributed by atoms with Gasteiger partial charge in [-0.1, -0.05) is 60.7 Å². The van der Waals surface area contributed by atoms with Crippen molar-refractivity contribution < 1.29 is 4.40 Å². The number of nitrogens with zero attached hydrogens (tertiary/aromatic N) is 2. The van der Waals surface area contributed by atoms with Crippen LogP contribution in [0, 0.1) is 0 Å². The van der Waals surface area contributed by atoms with Crippen molar-refractivity contribution in [3.63, 3.8) is 0 Å². The summed E-state index contributed by atoms with van der Waals surface area (Å²) >= 11 is 0. The highest BCUT2D eigenvalue weighted by molar-refractivity contribution is 5.73. The van der Waals surface area contributed by atoms with Crippen molar-refractivity contribution in [2.45, 2.75) is 13.8 Å². The number of benzene rings is 1. The summed E-state index contributed by atoms with van der Waals surface area (Å²) in [5.41, 5.74) is 5.38. The Balaban J connectivity index is 2.04. The molecule has 0 atom stereocenters. The average molecular weight is 339 g/mol. The lowest BCUT2D eigenvalue weighted by molar-refractivity contribution is -0.514. The molecule has 2 aromatic heterocycles. The molecule has 0 aliphatic heterocycles. The minimum Gasteiger partial charge on any atom is -0.203 e. The molecule has 0 bridgehead atoms. The lowest BCUT2D eigenvalue weighted by Crippen LogP contribution is -2.21. The Kier molecular flexibility index (Phi) is 5.89. The van der Waals surface area contributed by atoms with E-state index in [0.717, 1.165) is 16.9 Å². The number of fused-ring (bicyclic) bond motifs is 1. The van der Waals surface area contributed by atoms with E-state index >= 15 is 0 Å². The van der Waals surface area contributed by atoms with Gasteiger partial charge in [0.25, 0.3) is 0 Å². The first kappa shape index (κ1) is 17.6. The molecule has 26 heavy (non-hydrogen) atoms. The summed E-state index contributed by atoms with van der Waals surface area (Å²) in [6, 6.07) is 14.6. The molecule has 128 valence electrons. The minimum absolute atomic E-state index is 0.938. The third-order valence-electron chi connectivity index (χ3n) is 4.04. The van der Waals surface area contributed by atoms with E-state index in [0.29, 0.717) is 0 Å². The largest absolute Gasteiger partial charge is 0.328 e. The molecule has 0 N–H and O–H groups in total. The average Bonchev–Trinajstić information content (AvgIpc) is 2.69. The van der Waals surface area contributed by atoms with Crippen LogP contribution in [0.1, 0.15) is 25.0 Å². The summed E-state index contributed by atoms with van der Waals surface area (Å²) in [6.07, 6.45) is 20.6. The van der Waals surface area contributed by atoms with Gasteiger partial charge >= 0.3 is 5.65 Å². The van der Waals surface area contributed by atoms with E-state index in [9.17, 15) is 0 Å². The fourth-order valence-corrected chi connectivity index (χ4v) is 2.71. The van der Waals surface area contributed by atoms with Gasteiger partial charge in [-0.3, -0.25) is 0 Å². The predicted molar refractivity (Wildman–Crippen MR) is 111 cm³/mol. The molecule has 0 aliphatic rings. The van der Waals surface area contributed by atoms with Crippen LogP contribution in [0.15, 0.2) is 91.3 Å². The Morgan fingerprint density at radius 1 is 0.769 bits per heavy atom. The molecule has 0 saturated heterocycles. The number of pyridine rings is 1. The van der Waals surface area contributed by atoms with Gasteiger partial charge in [-0.25, -0.2) is 4.40 Å². The van der Waals surface area contributed by atoms with Gasteiger partial charge in [0, 0.05) is 17.7 Å². The molecule has 3 aromatic rings. The molecule has 0 radical (unpaired) electrons. The summed E-state index contributed by atoms with van der Waals surface area (Å²) in [4.78, 5) is 4.78. The molecule has 0 saturated carbocycles. The van der Waals surface area contributed by atoms with Crippen LogP contribution >= 0.6 is 0 Å². The van der Waals surface area contributed by atoms with Crippen LogP contribution in [-0.2, 0) is 0 Å². The summed E-state index contributed by atoms with van der Waals surface area (Å²) in [5.74, 6) is 0. The molecule has 2 nitrogen and oxygen atoms in total. The SMILES string of the molecule is C/C=C/C=C\c1ccc(-c2cc[n+]3ccccc3n2)cc1/C=C/C=C/C. The van der Waals surface area contributed by atoms with Crippen molar-refractivity contribution in [3.8, 4) is 11.3 Å². The normalized spacial score (nSPS) is 12.4. The second-order valence-electron chi connectivity index (χ2n) is 5.89. The number of allylic oxidation sites excluding steroid dienone is 6. The zero-order valence-corrected chi connectivity index (χ0v) is 15.2. The Bertz CT molecular complexity index is 1010. The first-order chi connectivity index (χ1) is 12.8. The first-order valence-electron chi connectivity index (χ1n) is 8.82. The highest BCUT2D eigenvalue weighted by Crippen LogP contribution is 2.23. The van der Waals surface area contributed by atoms with Crippen molar-refractivity contribution in [1.82, 2.24) is 4.98 Å². The fourth-order valence-electron chi connectivity index (χ4n) is 2.71. The van der Waals surface area contributed by atoms with E-state index in [-0.39, 0.29) is 0 Å². The minimum atomic E-state index is 0.938. The number of hydrogen-bond acceptors (Lipinski definition) is 1. The van der Waals surface area contributed by atoms with Crippen LogP contribution in [0.5, 0.6) is 0 Å². The Morgan fingerprint density at radius 3 is 2.31 bits per heavy atom. The Hall–Kier alpha value is -3.26. The van der Waals surface area contributed by atoms with E-state index in [1.165, 1.54) is 11.1 Å². The van der Waals surface area contributed by atoms with E-state index in [1.807, 2.05) is 73.1 Å². The quantitative estimate of drug-likeness (QED) is 0.432. The molecule has 0 amide bonds. The van der Waals surface area contributed by atoms with Gasteiger partial charge in [-0.15, -0.1) is 0 Å². The fraction of sp³-hybridized carbons (Fsp3) is 0.0833. The van der Waals surface area contributed by atoms with Gasteiger partial charge in [0.05, 0.1) is 6.20 Å². The van der Waals surface area contributed by atoms with Crippen molar-refractivity contribution >= 4 is 17.8 Å². The monoisotopic (exact) mass is 339 g/mol. The molecule has 0 aliphatic carbocycles. The summed E-state index contributed by atoms with van der Waals surface area (Å²) < 4.78 is 2.02. The van der Waals surface area contributed by atoms with Gasteiger partial charge < -0.3 is 0 Å². The summed E-state index contributed by atoms with van der Waals surface area (Å²) in [5, 5.41) is 0. The van der Waals surface area contributed by atoms with Gasteiger partial charge in [0.1, 0.15) is 6.20 Å². The predicted octanol–water partition coefficient (Wildman–Crippen LogP) is 5.67. The molecule has 2 heteroatoms. The lowest BCUT2D eigenvalue weighted by Gasteiger charge is -2.04. The van der Waals surface area contributed by atoms with Crippen molar-refractivity contribution in [1.29, 1.82) is 0 Å². The van der Waals surface area contributed by atoms with Crippen molar-refractivity contribution in [2.24, 2.45) is 0 Å².